The third-order valence-corrected chi connectivity index (χ3v) is 1.43. The zero-order chi connectivity index (χ0) is 10.0. The number of rotatable bonds is 1. The van der Waals surface area contributed by atoms with Gasteiger partial charge in [0, 0.05) is 11.8 Å². The van der Waals surface area contributed by atoms with Crippen molar-refractivity contribution in [3.63, 3.8) is 0 Å². The molecule has 0 aromatic carbocycles. The highest BCUT2D eigenvalue weighted by atomic mass is 19.3. The Balaban J connectivity index is 3.41. The van der Waals surface area contributed by atoms with Gasteiger partial charge in [-0.05, 0) is 0 Å². The molecular weight excluding hydrogens is 178 g/mol. The second kappa shape index (κ2) is 3.23. The lowest BCUT2D eigenvalue weighted by Crippen LogP contribution is -2.04. The molecule has 0 atom stereocenters. The van der Waals surface area contributed by atoms with Crippen molar-refractivity contribution in [1.29, 1.82) is 5.26 Å². The predicted molar refractivity (Wildman–Crippen MR) is 42.7 cm³/mol. The number of nitrogens with zero attached hydrogens (tertiary/aromatic N) is 2. The normalized spacial score (nSPS) is 10.0. The van der Waals surface area contributed by atoms with E-state index in [-0.39, 0.29) is 11.5 Å². The molecular formula is C7H6F2N4. The van der Waals surface area contributed by atoms with Gasteiger partial charge in [-0.2, -0.15) is 5.26 Å². The van der Waals surface area contributed by atoms with Crippen LogP contribution in [0.3, 0.4) is 0 Å². The highest BCUT2D eigenvalue weighted by Crippen LogP contribution is 2.28. The van der Waals surface area contributed by atoms with E-state index < -0.39 is 17.7 Å². The summed E-state index contributed by atoms with van der Waals surface area (Å²) in [5.41, 5.74) is 9.27. The van der Waals surface area contributed by atoms with Crippen molar-refractivity contribution in [3.05, 3.63) is 17.3 Å². The maximum atomic E-state index is 12.3. The first-order valence-electron chi connectivity index (χ1n) is 3.30. The molecule has 13 heavy (non-hydrogen) atoms. The lowest BCUT2D eigenvalue weighted by atomic mass is 10.1. The van der Waals surface area contributed by atoms with Gasteiger partial charge < -0.3 is 11.5 Å². The van der Waals surface area contributed by atoms with Crippen LogP contribution in [0.25, 0.3) is 0 Å². The van der Waals surface area contributed by atoms with Crippen LogP contribution in [0.4, 0.5) is 20.3 Å². The number of alkyl halides is 2. The molecule has 0 aliphatic rings. The zero-order valence-electron chi connectivity index (χ0n) is 6.46. The smallest absolute Gasteiger partial charge is 0.268 e. The molecule has 1 rings (SSSR count). The van der Waals surface area contributed by atoms with Gasteiger partial charge in [0.25, 0.3) is 6.43 Å². The van der Waals surface area contributed by atoms with Crippen molar-refractivity contribution < 1.29 is 8.78 Å². The predicted octanol–water partition coefficient (Wildman–Crippen LogP) is 1.06. The Kier molecular flexibility index (Phi) is 2.28. The molecule has 1 heterocycles. The van der Waals surface area contributed by atoms with Crippen molar-refractivity contribution in [2.75, 3.05) is 11.5 Å². The SMILES string of the molecule is N#Cc1nc(N)cc(N)c1C(F)F. The van der Waals surface area contributed by atoms with Gasteiger partial charge in [0.2, 0.25) is 0 Å². The molecule has 0 aliphatic heterocycles. The second-order valence-corrected chi connectivity index (χ2v) is 2.31. The third kappa shape index (κ3) is 1.64. The van der Waals surface area contributed by atoms with Crippen molar-refractivity contribution in [2.45, 2.75) is 6.43 Å². The van der Waals surface area contributed by atoms with Gasteiger partial charge in [-0.25, -0.2) is 13.8 Å². The fourth-order valence-electron chi connectivity index (χ4n) is 0.910. The van der Waals surface area contributed by atoms with Gasteiger partial charge in [0.15, 0.2) is 5.69 Å². The van der Waals surface area contributed by atoms with E-state index in [1.54, 1.807) is 0 Å². The summed E-state index contributed by atoms with van der Waals surface area (Å²) in [6.45, 7) is 0. The molecule has 68 valence electrons. The van der Waals surface area contributed by atoms with Crippen molar-refractivity contribution in [2.24, 2.45) is 0 Å². The molecule has 0 saturated heterocycles. The maximum absolute atomic E-state index is 12.3. The molecule has 4 nitrogen and oxygen atoms in total. The Morgan fingerprint density at radius 1 is 1.46 bits per heavy atom. The quantitative estimate of drug-likeness (QED) is 0.682. The molecule has 4 N–H and O–H groups in total. The zero-order valence-corrected chi connectivity index (χ0v) is 6.46. The largest absolute Gasteiger partial charge is 0.398 e. The number of anilines is 2. The molecule has 1 aromatic rings. The van der Waals surface area contributed by atoms with Crippen LogP contribution in [-0.2, 0) is 0 Å². The van der Waals surface area contributed by atoms with Gasteiger partial charge in [0.1, 0.15) is 11.9 Å². The highest BCUT2D eigenvalue weighted by molar-refractivity contribution is 5.58. The van der Waals surface area contributed by atoms with Crippen LogP contribution in [0.1, 0.15) is 17.7 Å². The van der Waals surface area contributed by atoms with Crippen LogP contribution in [0, 0.1) is 11.3 Å². The summed E-state index contributed by atoms with van der Waals surface area (Å²) in [7, 11) is 0. The third-order valence-electron chi connectivity index (χ3n) is 1.43. The first-order chi connectivity index (χ1) is 6.06. The summed E-state index contributed by atoms with van der Waals surface area (Å²) >= 11 is 0. The average Bonchev–Trinajstić information content (AvgIpc) is 2.01. The summed E-state index contributed by atoms with van der Waals surface area (Å²) < 4.78 is 24.6. The van der Waals surface area contributed by atoms with E-state index in [9.17, 15) is 8.78 Å². The van der Waals surface area contributed by atoms with Crippen molar-refractivity contribution >= 4 is 11.5 Å². The van der Waals surface area contributed by atoms with Gasteiger partial charge in [0.05, 0.1) is 5.56 Å². The Hall–Kier alpha value is -1.90. The fraction of sp³-hybridized carbons (Fsp3) is 0.143. The number of nitrogen functional groups attached to an aromatic ring is 2. The summed E-state index contributed by atoms with van der Waals surface area (Å²) in [4.78, 5) is 3.43. The lowest BCUT2D eigenvalue weighted by Gasteiger charge is -2.06. The van der Waals surface area contributed by atoms with Crippen LogP contribution in [0.5, 0.6) is 0 Å². The topological polar surface area (TPSA) is 88.7 Å². The average molecular weight is 184 g/mol. The summed E-state index contributed by atoms with van der Waals surface area (Å²) in [5.74, 6) is -0.0431. The molecule has 1 aromatic heterocycles. The standard InChI is InChI=1S/C7H6F2N4/c8-7(9)6-3(11)1-5(12)13-4(6)2-10/h1,7H,(H4,11,12,13). The molecule has 6 heteroatoms. The Morgan fingerprint density at radius 3 is 2.54 bits per heavy atom. The van der Waals surface area contributed by atoms with Crippen LogP contribution in [0.2, 0.25) is 0 Å². The number of hydrogen-bond acceptors (Lipinski definition) is 4. The Labute approximate surface area is 72.8 Å². The number of aromatic nitrogens is 1. The molecule has 0 fully saturated rings. The van der Waals surface area contributed by atoms with Crippen molar-refractivity contribution in [1.82, 2.24) is 4.98 Å². The fourth-order valence-corrected chi connectivity index (χ4v) is 0.910. The van der Waals surface area contributed by atoms with Crippen LogP contribution < -0.4 is 11.5 Å². The highest BCUT2D eigenvalue weighted by Gasteiger charge is 2.18. The van der Waals surface area contributed by atoms with Gasteiger partial charge in [-0.15, -0.1) is 0 Å². The molecule has 0 spiro atoms. The minimum atomic E-state index is -2.82. The molecule has 0 unspecified atom stereocenters. The van der Waals surface area contributed by atoms with Crippen LogP contribution in [0.15, 0.2) is 6.07 Å². The molecule has 0 aliphatic carbocycles. The molecule has 0 bridgehead atoms. The van der Waals surface area contributed by atoms with Gasteiger partial charge >= 0.3 is 0 Å². The molecule has 0 saturated carbocycles. The minimum absolute atomic E-state index is 0.0431. The number of pyridine rings is 1. The van der Waals surface area contributed by atoms with E-state index in [1.165, 1.54) is 6.07 Å². The molecule has 0 radical (unpaired) electrons. The minimum Gasteiger partial charge on any atom is -0.398 e. The first kappa shape index (κ1) is 9.19. The van der Waals surface area contributed by atoms with Crippen LogP contribution in [-0.4, -0.2) is 4.98 Å². The van der Waals surface area contributed by atoms with Crippen molar-refractivity contribution in [3.8, 4) is 6.07 Å². The number of halogens is 2. The summed E-state index contributed by atoms with van der Waals surface area (Å²) in [6.07, 6.45) is -2.82. The second-order valence-electron chi connectivity index (χ2n) is 2.31. The molecule has 0 amide bonds. The van der Waals surface area contributed by atoms with E-state index in [0.717, 1.165) is 6.07 Å². The number of nitrogens with two attached hydrogens (primary N) is 2. The van der Waals surface area contributed by atoms with E-state index >= 15 is 0 Å². The van der Waals surface area contributed by atoms with E-state index in [2.05, 4.69) is 4.98 Å². The monoisotopic (exact) mass is 184 g/mol. The Morgan fingerprint density at radius 2 is 2.08 bits per heavy atom. The van der Waals surface area contributed by atoms with Gasteiger partial charge in [-0.1, -0.05) is 0 Å². The Bertz CT molecular complexity index is 369. The lowest BCUT2D eigenvalue weighted by molar-refractivity contribution is 0.151. The number of nitriles is 1. The summed E-state index contributed by atoms with van der Waals surface area (Å²) in [5, 5.41) is 8.46. The maximum Gasteiger partial charge on any atom is 0.268 e. The van der Waals surface area contributed by atoms with E-state index in [0.29, 0.717) is 0 Å². The van der Waals surface area contributed by atoms with Crippen LogP contribution >= 0.6 is 0 Å². The van der Waals surface area contributed by atoms with Gasteiger partial charge in [-0.3, -0.25) is 0 Å². The van der Waals surface area contributed by atoms with E-state index in [4.69, 9.17) is 16.7 Å². The number of hydrogen-bond donors (Lipinski definition) is 2. The first-order valence-corrected chi connectivity index (χ1v) is 3.30. The van der Waals surface area contributed by atoms with E-state index in [1.807, 2.05) is 0 Å². The summed E-state index contributed by atoms with van der Waals surface area (Å²) in [6, 6.07) is 2.61.